The summed E-state index contributed by atoms with van der Waals surface area (Å²) in [6.07, 6.45) is 5.51. The van der Waals surface area contributed by atoms with E-state index in [2.05, 4.69) is 37.2 Å². The van der Waals surface area contributed by atoms with Gasteiger partial charge in [-0.05, 0) is 57.3 Å². The maximum atomic E-state index is 2.49. The van der Waals surface area contributed by atoms with E-state index in [9.17, 15) is 0 Å². The van der Waals surface area contributed by atoms with Crippen molar-refractivity contribution in [2.24, 2.45) is 24.8 Å². The Hall–Kier alpha value is -0.660. The van der Waals surface area contributed by atoms with E-state index in [1.165, 1.54) is 25.7 Å². The van der Waals surface area contributed by atoms with Crippen LogP contribution in [0.25, 0.3) is 0 Å². The summed E-state index contributed by atoms with van der Waals surface area (Å²) in [4.78, 5) is 0. The van der Waals surface area contributed by atoms with Crippen LogP contribution in [-0.2, 0) is 19.9 Å². The first-order chi connectivity index (χ1) is 7.61. The predicted molar refractivity (Wildman–Crippen MR) is 66.6 cm³/mol. The van der Waals surface area contributed by atoms with Gasteiger partial charge >= 0.3 is 0 Å². The SMILES string of the molecule is CC1C2CCc3c(n(C(C)C)n3C)CCC12. The predicted octanol–water partition coefficient (Wildman–Crippen LogP) is 3.17. The summed E-state index contributed by atoms with van der Waals surface area (Å²) in [5, 5.41) is 0. The minimum absolute atomic E-state index is 0.621. The van der Waals surface area contributed by atoms with Gasteiger partial charge in [-0.2, -0.15) is 0 Å². The molecule has 1 heterocycles. The van der Waals surface area contributed by atoms with Crippen LogP contribution in [0, 0.1) is 17.8 Å². The molecule has 3 atom stereocenters. The fraction of sp³-hybridized carbons (Fsp3) is 0.857. The number of hydrogen-bond donors (Lipinski definition) is 0. The molecule has 0 aliphatic heterocycles. The van der Waals surface area contributed by atoms with Crippen LogP contribution in [0.2, 0.25) is 0 Å². The Bertz CT molecular complexity index is 397. The van der Waals surface area contributed by atoms with E-state index in [1.54, 1.807) is 11.4 Å². The maximum Gasteiger partial charge on any atom is 0.0561 e. The summed E-state index contributed by atoms with van der Waals surface area (Å²) in [5.74, 6) is 3.11. The van der Waals surface area contributed by atoms with Gasteiger partial charge < -0.3 is 0 Å². The smallest absolute Gasteiger partial charge is 0.0561 e. The molecule has 0 aromatic carbocycles. The molecule has 90 valence electrons. The van der Waals surface area contributed by atoms with Crippen molar-refractivity contribution in [3.05, 3.63) is 11.4 Å². The molecule has 1 aromatic rings. The summed E-state index contributed by atoms with van der Waals surface area (Å²) in [5.41, 5.74) is 3.28. The molecular weight excluding hydrogens is 196 g/mol. The Balaban J connectivity index is 1.84. The molecule has 3 rings (SSSR count). The Morgan fingerprint density at radius 3 is 2.19 bits per heavy atom. The molecule has 0 spiro atoms. The fourth-order valence-electron chi connectivity index (χ4n) is 4.01. The number of fused-ring (bicyclic) bond motifs is 2. The lowest BCUT2D eigenvalue weighted by molar-refractivity contribution is 0.342. The van der Waals surface area contributed by atoms with Crippen LogP contribution in [0.5, 0.6) is 0 Å². The normalized spacial score (nSPS) is 33.2. The zero-order chi connectivity index (χ0) is 11.4. The molecular formula is C14H24N2. The van der Waals surface area contributed by atoms with E-state index in [1.807, 2.05) is 0 Å². The topological polar surface area (TPSA) is 9.86 Å². The fourth-order valence-corrected chi connectivity index (χ4v) is 4.01. The standard InChI is InChI=1S/C14H24N2/c1-9(2)16-14-8-6-12-10(3)11(12)5-7-13(14)15(16)4/h9-12H,5-8H2,1-4H3. The lowest BCUT2D eigenvalue weighted by atomic mass is 9.99. The minimum Gasteiger partial charge on any atom is -0.291 e. The highest BCUT2D eigenvalue weighted by Crippen LogP contribution is 2.52. The summed E-state index contributed by atoms with van der Waals surface area (Å²) in [7, 11) is 2.23. The third-order valence-electron chi connectivity index (χ3n) is 5.00. The summed E-state index contributed by atoms with van der Waals surface area (Å²) >= 11 is 0. The maximum absolute atomic E-state index is 2.49. The van der Waals surface area contributed by atoms with Gasteiger partial charge in [0, 0.05) is 13.1 Å². The molecule has 2 nitrogen and oxygen atoms in total. The van der Waals surface area contributed by atoms with Crippen molar-refractivity contribution >= 4 is 0 Å². The van der Waals surface area contributed by atoms with Crippen LogP contribution < -0.4 is 0 Å². The molecule has 3 unspecified atom stereocenters. The van der Waals surface area contributed by atoms with Crippen LogP contribution >= 0.6 is 0 Å². The molecule has 16 heavy (non-hydrogen) atoms. The molecule has 2 aliphatic carbocycles. The summed E-state index contributed by atoms with van der Waals surface area (Å²) < 4.78 is 4.88. The van der Waals surface area contributed by atoms with Crippen LogP contribution in [0.1, 0.15) is 51.0 Å². The summed E-state index contributed by atoms with van der Waals surface area (Å²) in [6.45, 7) is 7.03. The van der Waals surface area contributed by atoms with Gasteiger partial charge in [-0.15, -0.1) is 0 Å². The largest absolute Gasteiger partial charge is 0.291 e. The van der Waals surface area contributed by atoms with Crippen LogP contribution in [0.4, 0.5) is 0 Å². The second-order valence-corrected chi connectivity index (χ2v) is 6.12. The first kappa shape index (κ1) is 10.5. The van der Waals surface area contributed by atoms with Crippen molar-refractivity contribution in [2.75, 3.05) is 0 Å². The minimum atomic E-state index is 0.621. The van der Waals surface area contributed by atoms with Gasteiger partial charge in [-0.3, -0.25) is 9.36 Å². The van der Waals surface area contributed by atoms with E-state index in [-0.39, 0.29) is 0 Å². The zero-order valence-electron chi connectivity index (χ0n) is 11.0. The van der Waals surface area contributed by atoms with Crippen molar-refractivity contribution in [3.63, 3.8) is 0 Å². The van der Waals surface area contributed by atoms with E-state index >= 15 is 0 Å². The van der Waals surface area contributed by atoms with Crippen molar-refractivity contribution < 1.29 is 0 Å². The van der Waals surface area contributed by atoms with E-state index in [4.69, 9.17) is 0 Å². The van der Waals surface area contributed by atoms with Crippen LogP contribution in [0.15, 0.2) is 0 Å². The first-order valence-electron chi connectivity index (χ1n) is 6.86. The van der Waals surface area contributed by atoms with E-state index < -0.39 is 0 Å². The zero-order valence-corrected chi connectivity index (χ0v) is 11.0. The average Bonchev–Trinajstić information content (AvgIpc) is 2.78. The molecule has 1 fully saturated rings. The van der Waals surface area contributed by atoms with Gasteiger partial charge in [0.2, 0.25) is 0 Å². The Morgan fingerprint density at radius 2 is 1.62 bits per heavy atom. The highest BCUT2D eigenvalue weighted by Gasteiger charge is 2.46. The van der Waals surface area contributed by atoms with Gasteiger partial charge in [-0.25, -0.2) is 0 Å². The van der Waals surface area contributed by atoms with Crippen LogP contribution in [-0.4, -0.2) is 9.36 Å². The monoisotopic (exact) mass is 220 g/mol. The second kappa shape index (κ2) is 3.41. The number of hydrogen-bond acceptors (Lipinski definition) is 0. The van der Waals surface area contributed by atoms with E-state index in [0.29, 0.717) is 6.04 Å². The van der Waals surface area contributed by atoms with Crippen molar-refractivity contribution in [1.82, 2.24) is 9.36 Å². The Kier molecular flexibility index (Phi) is 2.24. The lowest BCUT2D eigenvalue weighted by Crippen LogP contribution is -2.32. The first-order valence-corrected chi connectivity index (χ1v) is 6.86. The van der Waals surface area contributed by atoms with Gasteiger partial charge in [0.1, 0.15) is 0 Å². The third kappa shape index (κ3) is 1.31. The highest BCUT2D eigenvalue weighted by atomic mass is 15.4. The molecule has 2 heteroatoms. The van der Waals surface area contributed by atoms with Crippen LogP contribution in [0.3, 0.4) is 0 Å². The Morgan fingerprint density at radius 1 is 1.06 bits per heavy atom. The second-order valence-electron chi connectivity index (χ2n) is 6.12. The summed E-state index contributed by atoms with van der Waals surface area (Å²) in [6, 6.07) is 0.621. The van der Waals surface area contributed by atoms with E-state index in [0.717, 1.165) is 17.8 Å². The van der Waals surface area contributed by atoms with Gasteiger partial charge in [0.15, 0.2) is 0 Å². The van der Waals surface area contributed by atoms with Crippen molar-refractivity contribution in [2.45, 2.75) is 52.5 Å². The van der Waals surface area contributed by atoms with Gasteiger partial charge in [0.25, 0.3) is 0 Å². The molecule has 0 saturated heterocycles. The molecule has 0 amide bonds. The molecule has 0 radical (unpaired) electrons. The van der Waals surface area contributed by atoms with Crippen molar-refractivity contribution in [3.8, 4) is 0 Å². The molecule has 0 N–H and O–H groups in total. The molecule has 0 bridgehead atoms. The number of rotatable bonds is 1. The average molecular weight is 220 g/mol. The number of aromatic nitrogens is 2. The molecule has 2 aliphatic rings. The quantitative estimate of drug-likeness (QED) is 0.688. The lowest BCUT2D eigenvalue weighted by Gasteiger charge is -2.33. The third-order valence-corrected chi connectivity index (χ3v) is 5.00. The molecule has 1 aromatic heterocycles. The van der Waals surface area contributed by atoms with Gasteiger partial charge in [0.05, 0.1) is 11.4 Å². The van der Waals surface area contributed by atoms with Gasteiger partial charge in [-0.1, -0.05) is 6.92 Å². The van der Waals surface area contributed by atoms with Crippen molar-refractivity contribution in [1.29, 1.82) is 0 Å². The highest BCUT2D eigenvalue weighted by molar-refractivity contribution is 5.20. The molecule has 1 saturated carbocycles. The Labute approximate surface area is 98.6 Å². The number of nitrogens with zero attached hydrogens (tertiary/aromatic N) is 2.